The number of nitrogens with two attached hydrogens (primary N) is 1. The molecule has 3 rings (SSSR count). The van der Waals surface area contributed by atoms with Crippen molar-refractivity contribution in [3.63, 3.8) is 0 Å². The van der Waals surface area contributed by atoms with Crippen LogP contribution in [0.25, 0.3) is 0 Å². The topological polar surface area (TPSA) is 66.6 Å². The number of hydrogen-bond donors (Lipinski definition) is 1. The first-order chi connectivity index (χ1) is 10.6. The molecule has 22 heavy (non-hydrogen) atoms. The molecule has 0 aromatic rings. The van der Waals surface area contributed by atoms with Gasteiger partial charge in [0.2, 0.25) is 11.8 Å². The van der Waals surface area contributed by atoms with Gasteiger partial charge < -0.3 is 10.6 Å². The number of rotatable bonds is 5. The van der Waals surface area contributed by atoms with Crippen molar-refractivity contribution in [2.45, 2.75) is 69.9 Å². The predicted octanol–water partition coefficient (Wildman–Crippen LogP) is 1.51. The molecule has 5 nitrogen and oxygen atoms in total. The standard InChI is InChI=1S/C17H29N3O2/c18-16(21)8-9-17(22)20-11-3-5-14-15(20)4-1-2-10-19(14)12-13-6-7-13/h13-15H,1-12H2,(H2,18,21)/t14-,15-/m1/s1. The third kappa shape index (κ3) is 3.80. The molecule has 124 valence electrons. The van der Waals surface area contributed by atoms with Crippen molar-refractivity contribution in [2.75, 3.05) is 19.6 Å². The lowest BCUT2D eigenvalue weighted by Crippen LogP contribution is -2.56. The van der Waals surface area contributed by atoms with Crippen molar-refractivity contribution < 1.29 is 9.59 Å². The molecule has 0 radical (unpaired) electrons. The van der Waals surface area contributed by atoms with E-state index in [9.17, 15) is 9.59 Å². The molecular formula is C17H29N3O2. The lowest BCUT2D eigenvalue weighted by molar-refractivity contribution is -0.138. The van der Waals surface area contributed by atoms with Crippen LogP contribution in [-0.4, -0.2) is 53.3 Å². The molecule has 2 N–H and O–H groups in total. The number of hydrogen-bond acceptors (Lipinski definition) is 3. The highest BCUT2D eigenvalue weighted by Crippen LogP contribution is 2.35. The summed E-state index contributed by atoms with van der Waals surface area (Å²) in [5.74, 6) is 0.652. The molecular weight excluding hydrogens is 278 g/mol. The normalized spacial score (nSPS) is 29.7. The minimum absolute atomic E-state index is 0.127. The molecule has 3 fully saturated rings. The van der Waals surface area contributed by atoms with Gasteiger partial charge in [0.1, 0.15) is 0 Å². The van der Waals surface area contributed by atoms with E-state index in [1.165, 1.54) is 45.2 Å². The predicted molar refractivity (Wildman–Crippen MR) is 85.1 cm³/mol. The van der Waals surface area contributed by atoms with Gasteiger partial charge in [-0.05, 0) is 51.0 Å². The molecule has 2 atom stereocenters. The van der Waals surface area contributed by atoms with Crippen LogP contribution >= 0.6 is 0 Å². The summed E-state index contributed by atoms with van der Waals surface area (Å²) in [7, 11) is 0. The summed E-state index contributed by atoms with van der Waals surface area (Å²) in [4.78, 5) is 28.2. The van der Waals surface area contributed by atoms with E-state index < -0.39 is 0 Å². The van der Waals surface area contributed by atoms with Crippen molar-refractivity contribution >= 4 is 11.8 Å². The Bertz CT molecular complexity index is 422. The van der Waals surface area contributed by atoms with E-state index >= 15 is 0 Å². The molecule has 5 heteroatoms. The van der Waals surface area contributed by atoms with Gasteiger partial charge >= 0.3 is 0 Å². The second-order valence-electron chi connectivity index (χ2n) is 7.26. The summed E-state index contributed by atoms with van der Waals surface area (Å²) in [5, 5.41) is 0. The van der Waals surface area contributed by atoms with Gasteiger partial charge in [-0.1, -0.05) is 6.42 Å². The minimum atomic E-state index is -0.377. The summed E-state index contributed by atoms with van der Waals surface area (Å²) in [6.07, 6.45) is 9.12. The fourth-order valence-corrected chi connectivity index (χ4v) is 4.19. The third-order valence-corrected chi connectivity index (χ3v) is 5.50. The maximum Gasteiger partial charge on any atom is 0.223 e. The van der Waals surface area contributed by atoms with E-state index in [2.05, 4.69) is 9.80 Å². The van der Waals surface area contributed by atoms with Crippen LogP contribution in [-0.2, 0) is 9.59 Å². The van der Waals surface area contributed by atoms with Crippen molar-refractivity contribution in [3.8, 4) is 0 Å². The molecule has 2 heterocycles. The van der Waals surface area contributed by atoms with Crippen LogP contribution in [0, 0.1) is 5.92 Å². The van der Waals surface area contributed by atoms with Crippen molar-refractivity contribution in [2.24, 2.45) is 11.7 Å². The van der Waals surface area contributed by atoms with Gasteiger partial charge in [0.15, 0.2) is 0 Å². The summed E-state index contributed by atoms with van der Waals surface area (Å²) in [6.45, 7) is 3.28. The first-order valence-corrected chi connectivity index (χ1v) is 8.97. The molecule has 0 unspecified atom stereocenters. The minimum Gasteiger partial charge on any atom is -0.370 e. The Morgan fingerprint density at radius 2 is 1.68 bits per heavy atom. The van der Waals surface area contributed by atoms with E-state index in [0.29, 0.717) is 12.1 Å². The SMILES string of the molecule is NC(=O)CCC(=O)N1CCC[C@@H]2[C@H]1CCCCN2CC1CC1. The summed E-state index contributed by atoms with van der Waals surface area (Å²) in [5.41, 5.74) is 5.19. The van der Waals surface area contributed by atoms with Crippen LogP contribution in [0.15, 0.2) is 0 Å². The van der Waals surface area contributed by atoms with Gasteiger partial charge in [-0.15, -0.1) is 0 Å². The maximum atomic E-state index is 12.5. The smallest absolute Gasteiger partial charge is 0.223 e. The van der Waals surface area contributed by atoms with Crippen LogP contribution in [0.4, 0.5) is 0 Å². The highest BCUT2D eigenvalue weighted by Gasteiger charge is 2.39. The Kier molecular flexibility index (Phi) is 5.01. The number of primary amides is 1. The highest BCUT2D eigenvalue weighted by atomic mass is 16.2. The second-order valence-corrected chi connectivity index (χ2v) is 7.26. The van der Waals surface area contributed by atoms with Crippen molar-refractivity contribution in [1.82, 2.24) is 9.80 Å². The molecule has 0 aromatic carbocycles. The zero-order valence-corrected chi connectivity index (χ0v) is 13.5. The molecule has 1 saturated carbocycles. The molecule has 3 aliphatic rings. The quantitative estimate of drug-likeness (QED) is 0.837. The summed E-state index contributed by atoms with van der Waals surface area (Å²) < 4.78 is 0. The number of amides is 2. The Hall–Kier alpha value is -1.10. The maximum absolute atomic E-state index is 12.5. The number of carbonyl (C=O) groups excluding carboxylic acids is 2. The van der Waals surface area contributed by atoms with Crippen LogP contribution < -0.4 is 5.73 Å². The van der Waals surface area contributed by atoms with Gasteiger partial charge in [0, 0.05) is 38.0 Å². The summed E-state index contributed by atoms with van der Waals surface area (Å²) in [6, 6.07) is 0.893. The van der Waals surface area contributed by atoms with Crippen molar-refractivity contribution in [3.05, 3.63) is 0 Å². The van der Waals surface area contributed by atoms with Gasteiger partial charge in [-0.3, -0.25) is 14.5 Å². The lowest BCUT2D eigenvalue weighted by Gasteiger charge is -2.45. The van der Waals surface area contributed by atoms with Gasteiger partial charge in [-0.25, -0.2) is 0 Å². The van der Waals surface area contributed by atoms with Gasteiger partial charge in [0.25, 0.3) is 0 Å². The number of nitrogens with zero attached hydrogens (tertiary/aromatic N) is 2. The Balaban J connectivity index is 1.66. The monoisotopic (exact) mass is 307 g/mol. The fraction of sp³-hybridized carbons (Fsp3) is 0.882. The Labute approximate surface area is 133 Å². The number of piperidine rings is 1. The zero-order valence-electron chi connectivity index (χ0n) is 13.5. The van der Waals surface area contributed by atoms with E-state index in [1.807, 2.05) is 0 Å². The van der Waals surface area contributed by atoms with Gasteiger partial charge in [0.05, 0.1) is 0 Å². The van der Waals surface area contributed by atoms with E-state index in [0.717, 1.165) is 25.3 Å². The van der Waals surface area contributed by atoms with Crippen LogP contribution in [0.5, 0.6) is 0 Å². The largest absolute Gasteiger partial charge is 0.370 e. The average molecular weight is 307 g/mol. The van der Waals surface area contributed by atoms with E-state index in [-0.39, 0.29) is 24.7 Å². The average Bonchev–Trinajstić information content (AvgIpc) is 3.33. The lowest BCUT2D eigenvalue weighted by atomic mass is 9.91. The Morgan fingerprint density at radius 1 is 0.909 bits per heavy atom. The van der Waals surface area contributed by atoms with Crippen LogP contribution in [0.3, 0.4) is 0 Å². The second kappa shape index (κ2) is 6.99. The first-order valence-electron chi connectivity index (χ1n) is 8.97. The Morgan fingerprint density at radius 3 is 2.41 bits per heavy atom. The van der Waals surface area contributed by atoms with Crippen LogP contribution in [0.2, 0.25) is 0 Å². The highest BCUT2D eigenvalue weighted by molar-refractivity contribution is 5.83. The molecule has 1 aliphatic carbocycles. The first kappa shape index (κ1) is 15.8. The van der Waals surface area contributed by atoms with Crippen LogP contribution in [0.1, 0.15) is 57.8 Å². The number of fused-ring (bicyclic) bond motifs is 1. The molecule has 0 spiro atoms. The van der Waals surface area contributed by atoms with Gasteiger partial charge in [-0.2, -0.15) is 0 Å². The molecule has 2 amide bonds. The zero-order chi connectivity index (χ0) is 15.5. The molecule has 2 aliphatic heterocycles. The fourth-order valence-electron chi connectivity index (χ4n) is 4.19. The molecule has 0 bridgehead atoms. The van der Waals surface area contributed by atoms with E-state index in [4.69, 9.17) is 5.73 Å². The molecule has 0 aromatic heterocycles. The number of likely N-dealkylation sites (tertiary alicyclic amines) is 2. The number of carbonyl (C=O) groups is 2. The molecule has 2 saturated heterocycles. The third-order valence-electron chi connectivity index (χ3n) is 5.50. The van der Waals surface area contributed by atoms with Crippen molar-refractivity contribution in [1.29, 1.82) is 0 Å². The van der Waals surface area contributed by atoms with E-state index in [1.54, 1.807) is 0 Å². The summed E-state index contributed by atoms with van der Waals surface area (Å²) >= 11 is 0.